The van der Waals surface area contributed by atoms with E-state index in [-0.39, 0.29) is 0 Å². The molecule has 5 heteroatoms. The Kier molecular flexibility index (Phi) is 3.52. The van der Waals surface area contributed by atoms with E-state index in [0.29, 0.717) is 0 Å². The van der Waals surface area contributed by atoms with Gasteiger partial charge >= 0.3 is 0 Å². The molecule has 0 fully saturated rings. The van der Waals surface area contributed by atoms with Gasteiger partial charge in [-0.25, -0.2) is 0 Å². The molecule has 0 aliphatic carbocycles. The SMILES string of the molecule is CCNCc1cn(C)nc1-c1c(C)nn(C)c1C. The second-order valence-electron chi connectivity index (χ2n) is 4.63. The number of hydrogen-bond donors (Lipinski definition) is 1. The van der Waals surface area contributed by atoms with Gasteiger partial charge in [0.25, 0.3) is 0 Å². The van der Waals surface area contributed by atoms with Gasteiger partial charge in [-0.1, -0.05) is 6.92 Å². The highest BCUT2D eigenvalue weighted by molar-refractivity contribution is 5.67. The lowest BCUT2D eigenvalue weighted by molar-refractivity contribution is 0.723. The number of aryl methyl sites for hydroxylation is 3. The first kappa shape index (κ1) is 12.8. The van der Waals surface area contributed by atoms with Crippen LogP contribution in [0, 0.1) is 13.8 Å². The van der Waals surface area contributed by atoms with E-state index in [1.165, 1.54) is 5.56 Å². The fourth-order valence-electron chi connectivity index (χ4n) is 2.25. The highest BCUT2D eigenvalue weighted by Crippen LogP contribution is 2.28. The summed E-state index contributed by atoms with van der Waals surface area (Å²) in [5, 5.41) is 12.4. The van der Waals surface area contributed by atoms with E-state index in [2.05, 4.69) is 35.6 Å². The maximum Gasteiger partial charge on any atom is 0.100 e. The normalized spacial score (nSPS) is 11.2. The molecule has 2 aromatic heterocycles. The molecule has 5 nitrogen and oxygen atoms in total. The van der Waals surface area contributed by atoms with Gasteiger partial charge in [0.15, 0.2) is 0 Å². The topological polar surface area (TPSA) is 47.7 Å². The van der Waals surface area contributed by atoms with Crippen LogP contribution in [0.25, 0.3) is 11.3 Å². The van der Waals surface area contributed by atoms with Crippen molar-refractivity contribution < 1.29 is 0 Å². The predicted octanol–water partition coefficient (Wildman–Crippen LogP) is 1.55. The molecule has 18 heavy (non-hydrogen) atoms. The van der Waals surface area contributed by atoms with Crippen molar-refractivity contribution in [3.8, 4) is 11.3 Å². The highest BCUT2D eigenvalue weighted by Gasteiger charge is 2.18. The Labute approximate surface area is 108 Å². The van der Waals surface area contributed by atoms with E-state index in [4.69, 9.17) is 0 Å². The van der Waals surface area contributed by atoms with Crippen LogP contribution < -0.4 is 5.32 Å². The van der Waals surface area contributed by atoms with Gasteiger partial charge < -0.3 is 5.32 Å². The molecule has 0 saturated carbocycles. The summed E-state index contributed by atoms with van der Waals surface area (Å²) in [5.41, 5.74) is 5.61. The summed E-state index contributed by atoms with van der Waals surface area (Å²) in [4.78, 5) is 0. The summed E-state index contributed by atoms with van der Waals surface area (Å²) >= 11 is 0. The van der Waals surface area contributed by atoms with Gasteiger partial charge in [0.1, 0.15) is 5.69 Å². The molecule has 0 aliphatic rings. The van der Waals surface area contributed by atoms with Crippen molar-refractivity contribution in [3.05, 3.63) is 23.1 Å². The number of hydrogen-bond acceptors (Lipinski definition) is 3. The minimum Gasteiger partial charge on any atom is -0.313 e. The Hall–Kier alpha value is -1.62. The van der Waals surface area contributed by atoms with Crippen molar-refractivity contribution in [3.63, 3.8) is 0 Å². The van der Waals surface area contributed by atoms with Gasteiger partial charge in [-0.15, -0.1) is 0 Å². The Morgan fingerprint density at radius 3 is 2.50 bits per heavy atom. The van der Waals surface area contributed by atoms with Crippen LogP contribution in [0.4, 0.5) is 0 Å². The van der Waals surface area contributed by atoms with Crippen LogP contribution in [-0.4, -0.2) is 26.1 Å². The average molecular weight is 247 g/mol. The Balaban J connectivity index is 2.49. The van der Waals surface area contributed by atoms with Gasteiger partial charge in [0, 0.05) is 43.7 Å². The van der Waals surface area contributed by atoms with Crippen molar-refractivity contribution in [1.82, 2.24) is 24.9 Å². The number of aromatic nitrogens is 4. The second-order valence-corrected chi connectivity index (χ2v) is 4.63. The molecule has 0 unspecified atom stereocenters. The smallest absolute Gasteiger partial charge is 0.100 e. The van der Waals surface area contributed by atoms with Crippen molar-refractivity contribution in [2.45, 2.75) is 27.3 Å². The second kappa shape index (κ2) is 4.94. The van der Waals surface area contributed by atoms with Crippen LogP contribution in [0.15, 0.2) is 6.20 Å². The Morgan fingerprint density at radius 2 is 1.94 bits per heavy atom. The minimum absolute atomic E-state index is 0.841. The maximum atomic E-state index is 4.59. The molecule has 2 rings (SSSR count). The zero-order valence-corrected chi connectivity index (χ0v) is 11.8. The molecule has 0 bridgehead atoms. The molecular formula is C13H21N5. The van der Waals surface area contributed by atoms with Crippen molar-refractivity contribution >= 4 is 0 Å². The fraction of sp³-hybridized carbons (Fsp3) is 0.538. The van der Waals surface area contributed by atoms with Crippen molar-refractivity contribution in [2.24, 2.45) is 14.1 Å². The van der Waals surface area contributed by atoms with E-state index >= 15 is 0 Å². The van der Waals surface area contributed by atoms with Crippen LogP contribution in [-0.2, 0) is 20.6 Å². The molecule has 98 valence electrons. The molecular weight excluding hydrogens is 226 g/mol. The number of nitrogens with one attached hydrogen (secondary N) is 1. The van der Waals surface area contributed by atoms with E-state index in [1.807, 2.05) is 30.4 Å². The van der Waals surface area contributed by atoms with E-state index in [0.717, 1.165) is 35.7 Å². The van der Waals surface area contributed by atoms with Crippen LogP contribution in [0.3, 0.4) is 0 Å². The molecule has 0 saturated heterocycles. The third-order valence-corrected chi connectivity index (χ3v) is 3.22. The number of nitrogens with zero attached hydrogens (tertiary/aromatic N) is 4. The third kappa shape index (κ3) is 2.18. The first-order chi connectivity index (χ1) is 8.54. The van der Waals surface area contributed by atoms with Gasteiger partial charge in [0.05, 0.1) is 5.69 Å². The molecule has 0 aliphatic heterocycles. The van der Waals surface area contributed by atoms with Crippen LogP contribution >= 0.6 is 0 Å². The average Bonchev–Trinajstić information content (AvgIpc) is 2.78. The lowest BCUT2D eigenvalue weighted by atomic mass is 10.1. The van der Waals surface area contributed by atoms with E-state index in [9.17, 15) is 0 Å². The fourth-order valence-corrected chi connectivity index (χ4v) is 2.25. The Bertz CT molecular complexity index is 550. The Morgan fingerprint density at radius 1 is 1.22 bits per heavy atom. The van der Waals surface area contributed by atoms with Crippen LogP contribution in [0.2, 0.25) is 0 Å². The maximum absolute atomic E-state index is 4.59. The molecule has 2 heterocycles. The van der Waals surface area contributed by atoms with Crippen LogP contribution in [0.1, 0.15) is 23.9 Å². The summed E-state index contributed by atoms with van der Waals surface area (Å²) in [6.07, 6.45) is 2.07. The molecule has 0 atom stereocenters. The summed E-state index contributed by atoms with van der Waals surface area (Å²) in [6.45, 7) is 8.03. The molecule has 0 spiro atoms. The van der Waals surface area contributed by atoms with Crippen molar-refractivity contribution in [1.29, 1.82) is 0 Å². The summed E-state index contributed by atoms with van der Waals surface area (Å²) in [7, 11) is 3.93. The lowest BCUT2D eigenvalue weighted by Gasteiger charge is -2.03. The summed E-state index contributed by atoms with van der Waals surface area (Å²) < 4.78 is 3.78. The van der Waals surface area contributed by atoms with Gasteiger partial charge in [-0.3, -0.25) is 9.36 Å². The monoisotopic (exact) mass is 247 g/mol. The largest absolute Gasteiger partial charge is 0.313 e. The standard InChI is InChI=1S/C13H21N5/c1-6-14-7-11-8-17(4)16-13(11)12-9(2)15-18(5)10(12)3/h8,14H,6-7H2,1-5H3. The quantitative estimate of drug-likeness (QED) is 0.891. The minimum atomic E-state index is 0.841. The number of rotatable bonds is 4. The van der Waals surface area contributed by atoms with E-state index in [1.54, 1.807) is 0 Å². The molecule has 1 N–H and O–H groups in total. The lowest BCUT2D eigenvalue weighted by Crippen LogP contribution is -2.12. The highest BCUT2D eigenvalue weighted by atomic mass is 15.3. The molecule has 0 aromatic carbocycles. The van der Waals surface area contributed by atoms with Crippen molar-refractivity contribution in [2.75, 3.05) is 6.54 Å². The first-order valence-corrected chi connectivity index (χ1v) is 6.28. The van der Waals surface area contributed by atoms with E-state index < -0.39 is 0 Å². The molecule has 0 amide bonds. The summed E-state index contributed by atoms with van der Waals surface area (Å²) in [5.74, 6) is 0. The summed E-state index contributed by atoms with van der Waals surface area (Å²) in [6, 6.07) is 0. The predicted molar refractivity (Wildman–Crippen MR) is 72.3 cm³/mol. The van der Waals surface area contributed by atoms with Crippen LogP contribution in [0.5, 0.6) is 0 Å². The van der Waals surface area contributed by atoms with Gasteiger partial charge in [-0.2, -0.15) is 10.2 Å². The molecule has 2 aromatic rings. The molecule has 0 radical (unpaired) electrons. The van der Waals surface area contributed by atoms with Gasteiger partial charge in [-0.05, 0) is 20.4 Å². The third-order valence-electron chi connectivity index (χ3n) is 3.22. The first-order valence-electron chi connectivity index (χ1n) is 6.28. The van der Waals surface area contributed by atoms with Gasteiger partial charge in [0.2, 0.25) is 0 Å². The zero-order chi connectivity index (χ0) is 13.3. The zero-order valence-electron chi connectivity index (χ0n) is 11.8.